The fourth-order valence-electron chi connectivity index (χ4n) is 1.92. The van der Waals surface area contributed by atoms with E-state index in [4.69, 9.17) is 14.6 Å². The lowest BCUT2D eigenvalue weighted by Crippen LogP contribution is -2.35. The SMILES string of the molecule is COCc1cccc(OCC(CS(N)(=O)=O)C(C)(C)C)c1. The molecule has 0 aromatic heterocycles. The number of hydrogen-bond acceptors (Lipinski definition) is 4. The average molecular weight is 315 g/mol. The second kappa shape index (κ2) is 7.24. The van der Waals surface area contributed by atoms with E-state index >= 15 is 0 Å². The van der Waals surface area contributed by atoms with Crippen molar-refractivity contribution in [3.8, 4) is 5.75 Å². The molecular formula is C15H25NO4S. The zero-order valence-corrected chi connectivity index (χ0v) is 13.9. The van der Waals surface area contributed by atoms with Crippen LogP contribution in [0.25, 0.3) is 0 Å². The van der Waals surface area contributed by atoms with Gasteiger partial charge in [0.1, 0.15) is 5.75 Å². The highest BCUT2D eigenvalue weighted by atomic mass is 32.2. The summed E-state index contributed by atoms with van der Waals surface area (Å²) >= 11 is 0. The molecule has 0 saturated heterocycles. The zero-order valence-electron chi connectivity index (χ0n) is 13.1. The van der Waals surface area contributed by atoms with Gasteiger partial charge in [-0.25, -0.2) is 13.6 Å². The largest absolute Gasteiger partial charge is 0.493 e. The summed E-state index contributed by atoms with van der Waals surface area (Å²) in [6.07, 6.45) is 0. The van der Waals surface area contributed by atoms with Crippen molar-refractivity contribution < 1.29 is 17.9 Å². The van der Waals surface area contributed by atoms with Crippen LogP contribution in [0.3, 0.4) is 0 Å². The Morgan fingerprint density at radius 3 is 2.48 bits per heavy atom. The molecule has 0 fully saturated rings. The molecule has 0 radical (unpaired) electrons. The van der Waals surface area contributed by atoms with E-state index in [-0.39, 0.29) is 17.1 Å². The number of rotatable bonds is 7. The van der Waals surface area contributed by atoms with Crippen LogP contribution in [0.5, 0.6) is 5.75 Å². The van der Waals surface area contributed by atoms with E-state index in [0.717, 1.165) is 5.56 Å². The van der Waals surface area contributed by atoms with Crippen molar-refractivity contribution in [2.45, 2.75) is 27.4 Å². The minimum atomic E-state index is -3.53. The normalized spacial score (nSPS) is 14.0. The summed E-state index contributed by atoms with van der Waals surface area (Å²) in [4.78, 5) is 0. The van der Waals surface area contributed by atoms with Gasteiger partial charge in [0.05, 0.1) is 19.0 Å². The predicted octanol–water partition coefficient (Wildman–Crippen LogP) is 2.16. The Morgan fingerprint density at radius 1 is 1.29 bits per heavy atom. The van der Waals surface area contributed by atoms with Crippen molar-refractivity contribution in [2.24, 2.45) is 16.5 Å². The van der Waals surface area contributed by atoms with Gasteiger partial charge < -0.3 is 9.47 Å². The smallest absolute Gasteiger partial charge is 0.209 e. The van der Waals surface area contributed by atoms with Crippen molar-refractivity contribution in [3.63, 3.8) is 0 Å². The molecule has 0 bridgehead atoms. The second-order valence-corrected chi connectivity index (χ2v) is 7.94. The first kappa shape index (κ1) is 17.9. The highest BCUT2D eigenvalue weighted by molar-refractivity contribution is 7.89. The summed E-state index contributed by atoms with van der Waals surface area (Å²) in [6.45, 7) is 6.75. The maximum absolute atomic E-state index is 11.3. The van der Waals surface area contributed by atoms with Gasteiger partial charge >= 0.3 is 0 Å². The van der Waals surface area contributed by atoms with Crippen molar-refractivity contribution in [3.05, 3.63) is 29.8 Å². The number of hydrogen-bond donors (Lipinski definition) is 1. The Balaban J connectivity index is 2.75. The molecule has 2 N–H and O–H groups in total. The average Bonchev–Trinajstić information content (AvgIpc) is 2.33. The van der Waals surface area contributed by atoms with E-state index in [1.165, 1.54) is 0 Å². The first-order valence-electron chi connectivity index (χ1n) is 6.83. The van der Waals surface area contributed by atoms with Crippen LogP contribution >= 0.6 is 0 Å². The van der Waals surface area contributed by atoms with Crippen LogP contribution in [-0.4, -0.2) is 27.9 Å². The van der Waals surface area contributed by atoms with Crippen LogP contribution in [-0.2, 0) is 21.4 Å². The molecule has 6 heteroatoms. The second-order valence-electron chi connectivity index (χ2n) is 6.28. The molecule has 0 amide bonds. The van der Waals surface area contributed by atoms with Gasteiger partial charge in [-0.2, -0.15) is 0 Å². The van der Waals surface area contributed by atoms with Crippen molar-refractivity contribution in [1.82, 2.24) is 0 Å². The molecule has 0 aliphatic rings. The Morgan fingerprint density at radius 2 is 1.95 bits per heavy atom. The lowest BCUT2D eigenvalue weighted by atomic mass is 9.82. The quantitative estimate of drug-likeness (QED) is 0.836. The summed E-state index contributed by atoms with van der Waals surface area (Å²) in [7, 11) is -1.89. The number of benzene rings is 1. The Kier molecular flexibility index (Phi) is 6.19. The van der Waals surface area contributed by atoms with Crippen molar-refractivity contribution >= 4 is 10.0 Å². The van der Waals surface area contributed by atoms with Crippen LogP contribution in [0, 0.1) is 11.3 Å². The number of methoxy groups -OCH3 is 1. The Labute approximate surface area is 127 Å². The fourth-order valence-corrected chi connectivity index (χ4v) is 3.07. The molecule has 0 heterocycles. The Hall–Kier alpha value is -1.11. The third kappa shape index (κ3) is 6.93. The highest BCUT2D eigenvalue weighted by Gasteiger charge is 2.29. The Bertz CT molecular complexity index is 549. The van der Waals surface area contributed by atoms with Crippen LogP contribution < -0.4 is 9.88 Å². The summed E-state index contributed by atoms with van der Waals surface area (Å²) in [6, 6.07) is 7.56. The van der Waals surface area contributed by atoms with Gasteiger partial charge in [0, 0.05) is 13.0 Å². The van der Waals surface area contributed by atoms with Crippen molar-refractivity contribution in [2.75, 3.05) is 19.5 Å². The monoisotopic (exact) mass is 315 g/mol. The lowest BCUT2D eigenvalue weighted by molar-refractivity contribution is 0.162. The molecule has 0 aliphatic carbocycles. The minimum Gasteiger partial charge on any atom is -0.493 e. The first-order chi connectivity index (χ1) is 9.62. The molecular weight excluding hydrogens is 290 g/mol. The zero-order chi connectivity index (χ0) is 16.1. The molecule has 1 unspecified atom stereocenters. The van der Waals surface area contributed by atoms with Crippen LogP contribution in [0.15, 0.2) is 24.3 Å². The molecule has 1 rings (SSSR count). The van der Waals surface area contributed by atoms with Gasteiger partial charge in [0.2, 0.25) is 10.0 Å². The molecule has 0 spiro atoms. The predicted molar refractivity (Wildman–Crippen MR) is 83.6 cm³/mol. The van der Waals surface area contributed by atoms with Crippen LogP contribution in [0.2, 0.25) is 0 Å². The van der Waals surface area contributed by atoms with Crippen LogP contribution in [0.1, 0.15) is 26.3 Å². The van der Waals surface area contributed by atoms with E-state index in [0.29, 0.717) is 19.0 Å². The third-order valence-corrected chi connectivity index (χ3v) is 4.19. The molecule has 1 aromatic rings. The summed E-state index contributed by atoms with van der Waals surface area (Å²) in [5.74, 6) is 0.431. The molecule has 1 atom stereocenters. The number of sulfonamides is 1. The van der Waals surface area contributed by atoms with Gasteiger partial charge in [-0.1, -0.05) is 32.9 Å². The summed E-state index contributed by atoms with van der Waals surface area (Å²) in [5, 5.41) is 5.17. The van der Waals surface area contributed by atoms with E-state index in [1.54, 1.807) is 7.11 Å². The van der Waals surface area contributed by atoms with E-state index < -0.39 is 10.0 Å². The van der Waals surface area contributed by atoms with E-state index in [9.17, 15) is 8.42 Å². The molecule has 120 valence electrons. The number of nitrogens with two attached hydrogens (primary N) is 1. The summed E-state index contributed by atoms with van der Waals surface area (Å²) < 4.78 is 33.5. The molecule has 21 heavy (non-hydrogen) atoms. The first-order valence-corrected chi connectivity index (χ1v) is 8.54. The van der Waals surface area contributed by atoms with Gasteiger partial charge in [-0.15, -0.1) is 0 Å². The third-order valence-electron chi connectivity index (χ3n) is 3.32. The highest BCUT2D eigenvalue weighted by Crippen LogP contribution is 2.28. The molecule has 0 aliphatic heterocycles. The van der Waals surface area contributed by atoms with E-state index in [1.807, 2.05) is 45.0 Å². The standard InChI is InChI=1S/C15H25NO4S/c1-15(2,3)13(11-21(16,17)18)10-20-14-7-5-6-12(8-14)9-19-4/h5-8,13H,9-11H2,1-4H3,(H2,16,17,18). The topological polar surface area (TPSA) is 78.6 Å². The van der Waals surface area contributed by atoms with Crippen molar-refractivity contribution in [1.29, 1.82) is 0 Å². The van der Waals surface area contributed by atoms with Gasteiger partial charge in [-0.3, -0.25) is 0 Å². The summed E-state index contributed by atoms with van der Waals surface area (Å²) in [5.41, 5.74) is 0.796. The maximum Gasteiger partial charge on any atom is 0.209 e. The number of primary sulfonamides is 1. The van der Waals surface area contributed by atoms with Gasteiger partial charge in [0.15, 0.2) is 0 Å². The molecule has 1 aromatic carbocycles. The number of ether oxygens (including phenoxy) is 2. The van der Waals surface area contributed by atoms with Crippen LogP contribution in [0.4, 0.5) is 0 Å². The van der Waals surface area contributed by atoms with E-state index in [2.05, 4.69) is 0 Å². The van der Waals surface area contributed by atoms with Gasteiger partial charge in [-0.05, 0) is 23.1 Å². The minimum absolute atomic E-state index is 0.0890. The maximum atomic E-state index is 11.3. The van der Waals surface area contributed by atoms with Gasteiger partial charge in [0.25, 0.3) is 0 Å². The molecule has 5 nitrogen and oxygen atoms in total. The fraction of sp³-hybridized carbons (Fsp3) is 0.600. The molecule has 0 saturated carbocycles. The lowest BCUT2D eigenvalue weighted by Gasteiger charge is -2.29.